The van der Waals surface area contributed by atoms with Gasteiger partial charge in [-0.25, -0.2) is 4.79 Å². The summed E-state index contributed by atoms with van der Waals surface area (Å²) >= 11 is 0. The van der Waals surface area contributed by atoms with E-state index in [4.69, 9.17) is 4.74 Å². The van der Waals surface area contributed by atoms with Crippen molar-refractivity contribution in [3.05, 3.63) is 59.7 Å². The smallest absolute Gasteiger partial charge is 0.343 e. The minimum absolute atomic E-state index is 0.0614. The molecule has 31 heavy (non-hydrogen) atoms. The second-order valence-electron chi connectivity index (χ2n) is 7.75. The molecule has 2 rings (SSSR count). The molecule has 0 saturated carbocycles. The number of carbonyl (C=O) groups is 1. The summed E-state index contributed by atoms with van der Waals surface area (Å²) in [6.45, 7) is 3.76. The van der Waals surface area contributed by atoms with Crippen LogP contribution in [0.5, 0.6) is 11.5 Å². The average molecular weight is 421 g/mol. The lowest BCUT2D eigenvalue weighted by Crippen LogP contribution is -2.15. The van der Waals surface area contributed by atoms with Gasteiger partial charge < -0.3 is 14.6 Å². The van der Waals surface area contributed by atoms with Crippen molar-refractivity contribution in [1.29, 1.82) is 10.5 Å². The maximum Gasteiger partial charge on any atom is 0.343 e. The van der Waals surface area contributed by atoms with Gasteiger partial charge in [-0.15, -0.1) is 0 Å². The van der Waals surface area contributed by atoms with E-state index in [2.05, 4.69) is 23.8 Å². The first-order chi connectivity index (χ1) is 14.9. The Labute approximate surface area is 183 Å². The number of methoxy groups -OCH3 is 1. The van der Waals surface area contributed by atoms with E-state index in [9.17, 15) is 20.4 Å². The van der Waals surface area contributed by atoms with Crippen LogP contribution in [0.4, 0.5) is 0 Å². The van der Waals surface area contributed by atoms with Crippen molar-refractivity contribution in [3.63, 3.8) is 0 Å². The van der Waals surface area contributed by atoms with Crippen LogP contribution in [-0.2, 0) is 9.53 Å². The maximum absolute atomic E-state index is 11.2. The van der Waals surface area contributed by atoms with Gasteiger partial charge in [-0.3, -0.25) is 0 Å². The molecule has 2 aromatic carbocycles. The summed E-state index contributed by atoms with van der Waals surface area (Å²) in [7, 11) is 1.31. The number of hydrogen-bond acceptors (Lipinski definition) is 6. The van der Waals surface area contributed by atoms with Gasteiger partial charge in [-0.05, 0) is 67.0 Å². The first-order valence-electron chi connectivity index (χ1n) is 10.3. The number of rotatable bonds is 10. The molecule has 0 aliphatic rings. The van der Waals surface area contributed by atoms with Crippen LogP contribution < -0.4 is 4.74 Å². The summed E-state index contributed by atoms with van der Waals surface area (Å²) in [5, 5.41) is 28.5. The van der Waals surface area contributed by atoms with Crippen molar-refractivity contribution >= 4 is 5.97 Å². The Morgan fingerprint density at radius 3 is 2.13 bits per heavy atom. The van der Waals surface area contributed by atoms with Crippen LogP contribution >= 0.6 is 0 Å². The molecule has 0 heterocycles. The van der Waals surface area contributed by atoms with Gasteiger partial charge in [-0.2, -0.15) is 10.5 Å². The minimum Gasteiger partial charge on any atom is -0.508 e. The molecule has 0 radical (unpaired) electrons. The first-order valence-corrected chi connectivity index (χ1v) is 10.3. The van der Waals surface area contributed by atoms with Crippen LogP contribution in [0.25, 0.3) is 0 Å². The Morgan fingerprint density at radius 2 is 1.58 bits per heavy atom. The van der Waals surface area contributed by atoms with Gasteiger partial charge in [-0.1, -0.05) is 31.2 Å². The quantitative estimate of drug-likeness (QED) is 0.548. The van der Waals surface area contributed by atoms with Crippen LogP contribution in [0.2, 0.25) is 0 Å². The monoisotopic (exact) mass is 420 g/mol. The standard InChI is InChI=1S/C25H28N2O4/c1-17(19-6-10-24(11-7-19)31-16-25(29)30-3)12-21(13-22(15-27)18(2)14-26)20-4-8-23(28)9-5-20/h4-11,17-18,21-22,28H,12-13,16H2,1-3H3. The predicted octanol–water partition coefficient (Wildman–Crippen LogP) is 4.91. The van der Waals surface area contributed by atoms with Crippen LogP contribution in [0.1, 0.15) is 49.7 Å². The molecule has 162 valence electrons. The molecule has 6 heteroatoms. The maximum atomic E-state index is 11.2. The van der Waals surface area contributed by atoms with Gasteiger partial charge in [0.05, 0.1) is 31.1 Å². The van der Waals surface area contributed by atoms with E-state index in [0.29, 0.717) is 12.2 Å². The zero-order chi connectivity index (χ0) is 22.8. The van der Waals surface area contributed by atoms with Crippen molar-refractivity contribution in [2.75, 3.05) is 13.7 Å². The largest absolute Gasteiger partial charge is 0.508 e. The van der Waals surface area contributed by atoms with E-state index in [1.165, 1.54) is 7.11 Å². The second kappa shape index (κ2) is 11.6. The van der Waals surface area contributed by atoms with Crippen LogP contribution in [0, 0.1) is 34.5 Å². The Hall–Kier alpha value is -3.51. The van der Waals surface area contributed by atoms with E-state index in [0.717, 1.165) is 17.5 Å². The SMILES string of the molecule is COC(=O)COc1ccc(C(C)CC(CC(C#N)C(C)C#N)c2ccc(O)cc2)cc1. The number of carbonyl (C=O) groups excluding carboxylic acids is 1. The Bertz CT molecular complexity index is 926. The molecule has 6 nitrogen and oxygen atoms in total. The highest BCUT2D eigenvalue weighted by molar-refractivity contribution is 5.70. The van der Waals surface area contributed by atoms with Crippen molar-refractivity contribution in [2.45, 2.75) is 38.5 Å². The summed E-state index contributed by atoms with van der Waals surface area (Å²) in [4.78, 5) is 11.2. The van der Waals surface area contributed by atoms with Crippen molar-refractivity contribution in [3.8, 4) is 23.6 Å². The molecule has 0 amide bonds. The minimum atomic E-state index is -0.437. The number of esters is 1. The lowest BCUT2D eigenvalue weighted by Gasteiger charge is -2.25. The number of ether oxygens (including phenoxy) is 2. The average Bonchev–Trinajstić information content (AvgIpc) is 2.80. The number of nitriles is 2. The fraction of sp³-hybridized carbons (Fsp3) is 0.400. The van der Waals surface area contributed by atoms with Crippen molar-refractivity contribution < 1.29 is 19.4 Å². The molecule has 0 aliphatic heterocycles. The van der Waals surface area contributed by atoms with E-state index in [-0.39, 0.29) is 36.0 Å². The number of aromatic hydroxyl groups is 1. The third kappa shape index (κ3) is 7.04. The van der Waals surface area contributed by atoms with E-state index in [1.54, 1.807) is 19.1 Å². The summed E-state index contributed by atoms with van der Waals surface area (Å²) in [6, 6.07) is 19.1. The molecule has 0 aliphatic carbocycles. The zero-order valence-corrected chi connectivity index (χ0v) is 18.1. The number of phenolic OH excluding ortho intramolecular Hbond substituents is 1. The van der Waals surface area contributed by atoms with Crippen LogP contribution in [0.15, 0.2) is 48.5 Å². The molecular weight excluding hydrogens is 392 g/mol. The Balaban J connectivity index is 2.15. The van der Waals surface area contributed by atoms with E-state index in [1.807, 2.05) is 36.4 Å². The molecule has 0 saturated heterocycles. The van der Waals surface area contributed by atoms with Gasteiger partial charge in [0.25, 0.3) is 0 Å². The summed E-state index contributed by atoms with van der Waals surface area (Å²) < 4.78 is 9.97. The first kappa shape index (κ1) is 23.8. The Kier molecular flexibility index (Phi) is 8.91. The fourth-order valence-corrected chi connectivity index (χ4v) is 3.54. The Morgan fingerprint density at radius 1 is 0.968 bits per heavy atom. The van der Waals surface area contributed by atoms with Crippen LogP contribution in [-0.4, -0.2) is 24.8 Å². The number of hydrogen-bond donors (Lipinski definition) is 1. The lowest BCUT2D eigenvalue weighted by atomic mass is 9.78. The summed E-state index contributed by atoms with van der Waals surface area (Å²) in [5.41, 5.74) is 2.14. The summed E-state index contributed by atoms with van der Waals surface area (Å²) in [6.07, 6.45) is 1.35. The predicted molar refractivity (Wildman–Crippen MR) is 116 cm³/mol. The van der Waals surface area contributed by atoms with Gasteiger partial charge in [0.2, 0.25) is 0 Å². The fourth-order valence-electron chi connectivity index (χ4n) is 3.54. The highest BCUT2D eigenvalue weighted by Crippen LogP contribution is 2.36. The third-order valence-corrected chi connectivity index (χ3v) is 5.55. The number of phenols is 1. The number of benzene rings is 2. The van der Waals surface area contributed by atoms with Gasteiger partial charge in [0.15, 0.2) is 6.61 Å². The zero-order valence-electron chi connectivity index (χ0n) is 18.1. The summed E-state index contributed by atoms with van der Waals surface area (Å²) in [5.74, 6) is -0.135. The van der Waals surface area contributed by atoms with Gasteiger partial charge in [0, 0.05) is 0 Å². The molecular formula is C25H28N2O4. The normalized spacial score (nSPS) is 14.4. The molecule has 4 atom stereocenters. The highest BCUT2D eigenvalue weighted by atomic mass is 16.6. The topological polar surface area (TPSA) is 103 Å². The number of nitrogens with zero attached hydrogens (tertiary/aromatic N) is 2. The van der Waals surface area contributed by atoms with Gasteiger partial charge in [0.1, 0.15) is 11.5 Å². The van der Waals surface area contributed by atoms with Crippen LogP contribution in [0.3, 0.4) is 0 Å². The van der Waals surface area contributed by atoms with Crippen molar-refractivity contribution in [1.82, 2.24) is 0 Å². The molecule has 4 unspecified atom stereocenters. The molecule has 1 N–H and O–H groups in total. The second-order valence-corrected chi connectivity index (χ2v) is 7.75. The molecule has 2 aromatic rings. The molecule has 0 bridgehead atoms. The van der Waals surface area contributed by atoms with E-state index < -0.39 is 5.97 Å². The van der Waals surface area contributed by atoms with Crippen molar-refractivity contribution in [2.24, 2.45) is 11.8 Å². The highest BCUT2D eigenvalue weighted by Gasteiger charge is 2.25. The third-order valence-electron chi connectivity index (χ3n) is 5.55. The molecule has 0 spiro atoms. The lowest BCUT2D eigenvalue weighted by molar-refractivity contribution is -0.142. The molecule has 0 fully saturated rings. The van der Waals surface area contributed by atoms with E-state index >= 15 is 0 Å². The molecule has 0 aromatic heterocycles. The van der Waals surface area contributed by atoms with Gasteiger partial charge >= 0.3 is 5.97 Å².